The zero-order valence-corrected chi connectivity index (χ0v) is 20.1. The van der Waals surface area contributed by atoms with E-state index in [-0.39, 0.29) is 18.4 Å². The van der Waals surface area contributed by atoms with E-state index in [1.165, 1.54) is 11.8 Å². The standard InChI is InChI=1S/C24H27F3N8O2/c1-36-23-22-17(14-2-3-20-21(8-14)35(32-30-20)15(9-25)10-26)4-7-34(22)31-24(29-23)28-19-5-6-33(11-18(19)27)16-12-37-13-16/h2-4,7-8,15-16,18-19H,5-6,9-13H2,1H3,(H,28,31)/t18-,19-/m1/s1/i16D. The van der Waals surface area contributed by atoms with Crippen LogP contribution in [0.2, 0.25) is 0 Å². The van der Waals surface area contributed by atoms with Crippen LogP contribution in [0.4, 0.5) is 19.1 Å². The van der Waals surface area contributed by atoms with Crippen LogP contribution in [0.5, 0.6) is 5.88 Å². The largest absolute Gasteiger partial charge is 0.479 e. The first-order valence-corrected chi connectivity index (χ1v) is 12.1. The van der Waals surface area contributed by atoms with Crippen LogP contribution >= 0.6 is 0 Å². The minimum Gasteiger partial charge on any atom is -0.479 e. The number of aromatic nitrogens is 6. The molecule has 5 heterocycles. The number of nitrogens with zero attached hydrogens (tertiary/aromatic N) is 7. The number of benzene rings is 1. The summed E-state index contributed by atoms with van der Waals surface area (Å²) in [6.07, 6.45) is 1.02. The molecule has 0 amide bonds. The lowest BCUT2D eigenvalue weighted by atomic mass is 10.0. The number of likely N-dealkylation sites (tertiary alicyclic amines) is 1. The molecule has 2 aliphatic heterocycles. The van der Waals surface area contributed by atoms with Crippen molar-refractivity contribution in [1.82, 2.24) is 34.5 Å². The molecule has 0 spiro atoms. The molecule has 13 heteroatoms. The van der Waals surface area contributed by atoms with E-state index < -0.39 is 37.6 Å². The number of ether oxygens (including phenoxy) is 2. The number of piperidine rings is 1. The molecule has 2 saturated heterocycles. The van der Waals surface area contributed by atoms with Gasteiger partial charge in [0.25, 0.3) is 0 Å². The number of anilines is 1. The van der Waals surface area contributed by atoms with Gasteiger partial charge in [-0.05, 0) is 30.2 Å². The number of hydrogen-bond acceptors (Lipinski definition) is 8. The quantitative estimate of drug-likeness (QED) is 0.381. The third-order valence-electron chi connectivity index (χ3n) is 7.00. The minimum atomic E-state index is -1.21. The van der Waals surface area contributed by atoms with E-state index in [2.05, 4.69) is 25.7 Å². The summed E-state index contributed by atoms with van der Waals surface area (Å²) in [5.74, 6) is 0.501. The zero-order chi connectivity index (χ0) is 26.4. The van der Waals surface area contributed by atoms with Crippen LogP contribution in [0.3, 0.4) is 0 Å². The maximum absolute atomic E-state index is 15.1. The van der Waals surface area contributed by atoms with Crippen molar-refractivity contribution in [3.63, 3.8) is 0 Å². The first-order chi connectivity index (χ1) is 18.4. The molecule has 196 valence electrons. The van der Waals surface area contributed by atoms with Crippen molar-refractivity contribution in [1.29, 1.82) is 0 Å². The van der Waals surface area contributed by atoms with Crippen molar-refractivity contribution in [2.45, 2.75) is 30.7 Å². The molecule has 37 heavy (non-hydrogen) atoms. The van der Waals surface area contributed by atoms with Crippen LogP contribution < -0.4 is 10.1 Å². The Bertz CT molecular complexity index is 1460. The third kappa shape index (κ3) is 4.25. The second-order valence-corrected chi connectivity index (χ2v) is 9.23. The van der Waals surface area contributed by atoms with E-state index in [4.69, 9.17) is 10.8 Å². The van der Waals surface area contributed by atoms with E-state index >= 15 is 4.39 Å². The summed E-state index contributed by atoms with van der Waals surface area (Å²) in [6, 6.07) is 4.76. The summed E-state index contributed by atoms with van der Waals surface area (Å²) < 4.78 is 63.7. The molecule has 10 nitrogen and oxygen atoms in total. The molecule has 4 aromatic rings. The normalized spacial score (nSPS) is 22.4. The van der Waals surface area contributed by atoms with E-state index in [0.717, 1.165) is 11.1 Å². The van der Waals surface area contributed by atoms with E-state index in [9.17, 15) is 8.78 Å². The first kappa shape index (κ1) is 22.7. The Labute approximate surface area is 211 Å². The van der Waals surface area contributed by atoms with Gasteiger partial charge < -0.3 is 14.8 Å². The van der Waals surface area contributed by atoms with Crippen molar-refractivity contribution >= 4 is 22.5 Å². The van der Waals surface area contributed by atoms with Crippen LogP contribution in [-0.2, 0) is 4.74 Å². The van der Waals surface area contributed by atoms with E-state index in [0.29, 0.717) is 42.7 Å². The molecular formula is C24H27F3N8O2. The van der Waals surface area contributed by atoms with Gasteiger partial charge in [-0.1, -0.05) is 11.3 Å². The van der Waals surface area contributed by atoms with Gasteiger partial charge in [-0.2, -0.15) is 4.98 Å². The average Bonchev–Trinajstić information content (AvgIpc) is 3.53. The number of methoxy groups -OCH3 is 1. The van der Waals surface area contributed by atoms with Crippen LogP contribution in [-0.4, -0.2) is 99.5 Å². The molecule has 3 aromatic heterocycles. The molecule has 0 radical (unpaired) electrons. The second-order valence-electron chi connectivity index (χ2n) is 9.23. The summed E-state index contributed by atoms with van der Waals surface area (Å²) in [7, 11) is 1.49. The number of halogens is 3. The van der Waals surface area contributed by atoms with Gasteiger partial charge >= 0.3 is 0 Å². The highest BCUT2D eigenvalue weighted by atomic mass is 19.1. The number of fused-ring (bicyclic) bond motifs is 2. The van der Waals surface area contributed by atoms with Crippen molar-refractivity contribution in [2.75, 3.05) is 52.1 Å². The summed E-state index contributed by atoms with van der Waals surface area (Å²) in [5.41, 5.74) is 3.08. The second kappa shape index (κ2) is 9.78. The van der Waals surface area contributed by atoms with Gasteiger partial charge in [0.05, 0.1) is 39.3 Å². The maximum atomic E-state index is 15.1. The molecule has 0 unspecified atom stereocenters. The Morgan fingerprint density at radius 3 is 2.81 bits per heavy atom. The topological polar surface area (TPSA) is 94.6 Å². The SMILES string of the molecule is [2H]C1(N2CC[C@@H](Nc3nc(OC)c4c(-c5ccc6nnn(C(CF)CF)c6c5)ccn4n3)[C@H](F)C2)COC1. The lowest BCUT2D eigenvalue weighted by Crippen LogP contribution is -2.57. The summed E-state index contributed by atoms with van der Waals surface area (Å²) in [5, 5.41) is 15.6. The molecule has 0 saturated carbocycles. The maximum Gasteiger partial charge on any atom is 0.244 e. The van der Waals surface area contributed by atoms with Gasteiger partial charge in [0, 0.05) is 24.8 Å². The number of alkyl halides is 3. The molecule has 1 N–H and O–H groups in total. The van der Waals surface area contributed by atoms with Crippen molar-refractivity contribution in [3.05, 3.63) is 30.5 Å². The highest BCUT2D eigenvalue weighted by Gasteiger charge is 2.35. The molecule has 6 rings (SSSR count). The predicted molar refractivity (Wildman–Crippen MR) is 130 cm³/mol. The monoisotopic (exact) mass is 517 g/mol. The lowest BCUT2D eigenvalue weighted by Gasteiger charge is -2.42. The molecule has 2 fully saturated rings. The zero-order valence-electron chi connectivity index (χ0n) is 21.1. The van der Waals surface area contributed by atoms with Gasteiger partial charge in [0.15, 0.2) is 0 Å². The summed E-state index contributed by atoms with van der Waals surface area (Å²) in [4.78, 5) is 6.32. The van der Waals surface area contributed by atoms with Crippen LogP contribution in [0, 0.1) is 0 Å². The Balaban J connectivity index is 1.28. The molecule has 1 aromatic carbocycles. The number of nitrogens with one attached hydrogen (secondary N) is 1. The summed E-state index contributed by atoms with van der Waals surface area (Å²) >= 11 is 0. The van der Waals surface area contributed by atoms with Crippen molar-refractivity contribution in [3.8, 4) is 17.0 Å². The average molecular weight is 518 g/mol. The highest BCUT2D eigenvalue weighted by Crippen LogP contribution is 2.33. The van der Waals surface area contributed by atoms with Gasteiger partial charge in [-0.25, -0.2) is 22.4 Å². The molecule has 2 aliphatic rings. The molecule has 0 bridgehead atoms. The smallest absolute Gasteiger partial charge is 0.244 e. The molecular weight excluding hydrogens is 489 g/mol. The van der Waals surface area contributed by atoms with Gasteiger partial charge in [0.2, 0.25) is 11.8 Å². The Kier molecular flexibility index (Phi) is 6.01. The van der Waals surface area contributed by atoms with Crippen molar-refractivity contribution < 1.29 is 24.0 Å². The van der Waals surface area contributed by atoms with Crippen LogP contribution in [0.15, 0.2) is 30.5 Å². The lowest BCUT2D eigenvalue weighted by molar-refractivity contribution is -0.0794. The van der Waals surface area contributed by atoms with Gasteiger partial charge in [-0.15, -0.1) is 10.2 Å². The number of hydrogen-bond donors (Lipinski definition) is 1. The van der Waals surface area contributed by atoms with Crippen LogP contribution in [0.1, 0.15) is 13.8 Å². The fourth-order valence-electron chi connectivity index (χ4n) is 4.87. The van der Waals surface area contributed by atoms with E-state index in [1.54, 1.807) is 22.8 Å². The fraction of sp³-hybridized carbons (Fsp3) is 0.500. The Morgan fingerprint density at radius 1 is 1.27 bits per heavy atom. The fourth-order valence-corrected chi connectivity index (χ4v) is 4.87. The minimum absolute atomic E-state index is 0.136. The number of rotatable bonds is 8. The third-order valence-corrected chi connectivity index (χ3v) is 7.00. The van der Waals surface area contributed by atoms with Crippen LogP contribution in [0.25, 0.3) is 27.7 Å². The van der Waals surface area contributed by atoms with Gasteiger partial charge in [-0.3, -0.25) is 4.90 Å². The Morgan fingerprint density at radius 2 is 2.11 bits per heavy atom. The Hall–Kier alpha value is -3.45. The van der Waals surface area contributed by atoms with E-state index in [1.807, 2.05) is 17.0 Å². The predicted octanol–water partition coefficient (Wildman–Crippen LogP) is 2.85. The first-order valence-electron chi connectivity index (χ1n) is 12.6. The molecule has 0 aliphatic carbocycles. The molecule has 2 atom stereocenters. The highest BCUT2D eigenvalue weighted by molar-refractivity contribution is 5.89. The summed E-state index contributed by atoms with van der Waals surface area (Å²) in [6.45, 7) is -0.508. The van der Waals surface area contributed by atoms with Crippen molar-refractivity contribution in [2.24, 2.45) is 0 Å². The van der Waals surface area contributed by atoms with Gasteiger partial charge in [0.1, 0.15) is 36.6 Å².